The van der Waals surface area contributed by atoms with Crippen molar-refractivity contribution in [3.05, 3.63) is 65.7 Å². The topological polar surface area (TPSA) is 41.6 Å². The Hall–Kier alpha value is -2.33. The Morgan fingerprint density at radius 1 is 1.08 bits per heavy atom. The van der Waals surface area contributed by atoms with Crippen molar-refractivity contribution in [3.8, 4) is 5.75 Å². The number of nitrogens with one attached hydrogen (secondary N) is 1. The highest BCUT2D eigenvalue weighted by atomic mass is 16.5. The molecule has 140 valence electrons. The largest absolute Gasteiger partial charge is 0.497 e. The van der Waals surface area contributed by atoms with Crippen molar-refractivity contribution in [3.63, 3.8) is 0 Å². The summed E-state index contributed by atoms with van der Waals surface area (Å²) in [6.07, 6.45) is 0. The number of carbonyl (C=O) groups is 1. The number of carbonyl (C=O) groups excluding carboxylic acids is 1. The van der Waals surface area contributed by atoms with E-state index in [4.69, 9.17) is 4.74 Å². The second kappa shape index (κ2) is 9.97. The quantitative estimate of drug-likeness (QED) is 0.739. The Morgan fingerprint density at radius 3 is 2.27 bits per heavy atom. The van der Waals surface area contributed by atoms with Crippen LogP contribution < -0.4 is 10.1 Å². The van der Waals surface area contributed by atoms with Gasteiger partial charge in [-0.1, -0.05) is 63.2 Å². The van der Waals surface area contributed by atoms with Crippen molar-refractivity contribution in [1.29, 1.82) is 0 Å². The van der Waals surface area contributed by atoms with E-state index < -0.39 is 0 Å². The molecule has 2 aromatic rings. The molecule has 1 atom stereocenters. The van der Waals surface area contributed by atoms with Crippen LogP contribution in [0.4, 0.5) is 0 Å². The molecule has 1 N–H and O–H groups in total. The molecule has 0 spiro atoms. The highest BCUT2D eigenvalue weighted by Crippen LogP contribution is 2.21. The van der Waals surface area contributed by atoms with E-state index >= 15 is 0 Å². The molecule has 1 unspecified atom stereocenters. The summed E-state index contributed by atoms with van der Waals surface area (Å²) in [5, 5.41) is 3.20. The Morgan fingerprint density at radius 2 is 1.73 bits per heavy atom. The van der Waals surface area contributed by atoms with Crippen LogP contribution in [0.25, 0.3) is 0 Å². The minimum absolute atomic E-state index is 0.0309. The van der Waals surface area contributed by atoms with Gasteiger partial charge in [-0.25, -0.2) is 0 Å². The number of hydrogen-bond acceptors (Lipinski definition) is 3. The third kappa shape index (κ3) is 5.88. The molecule has 4 nitrogen and oxygen atoms in total. The molecule has 0 heterocycles. The first kappa shape index (κ1) is 20.0. The summed E-state index contributed by atoms with van der Waals surface area (Å²) in [4.78, 5) is 14.8. The lowest BCUT2D eigenvalue weighted by molar-refractivity contribution is -0.123. The highest BCUT2D eigenvalue weighted by molar-refractivity contribution is 5.78. The van der Waals surface area contributed by atoms with Gasteiger partial charge in [-0.3, -0.25) is 9.69 Å². The van der Waals surface area contributed by atoms with Crippen LogP contribution in [-0.2, 0) is 11.3 Å². The lowest BCUT2D eigenvalue weighted by Crippen LogP contribution is -2.40. The Labute approximate surface area is 157 Å². The summed E-state index contributed by atoms with van der Waals surface area (Å²) in [6, 6.07) is 18.2. The van der Waals surface area contributed by atoms with Crippen molar-refractivity contribution in [2.75, 3.05) is 20.2 Å². The van der Waals surface area contributed by atoms with E-state index in [1.54, 1.807) is 7.11 Å². The van der Waals surface area contributed by atoms with Gasteiger partial charge in [0.15, 0.2) is 0 Å². The van der Waals surface area contributed by atoms with Crippen LogP contribution in [0.1, 0.15) is 37.9 Å². The molecule has 0 saturated carbocycles. The first-order chi connectivity index (χ1) is 12.5. The average molecular weight is 354 g/mol. The van der Waals surface area contributed by atoms with Crippen molar-refractivity contribution in [2.24, 2.45) is 5.92 Å². The Kier molecular flexibility index (Phi) is 7.67. The van der Waals surface area contributed by atoms with Gasteiger partial charge in [-0.05, 0) is 35.7 Å². The molecule has 0 saturated heterocycles. The molecule has 0 bridgehead atoms. The smallest absolute Gasteiger partial charge is 0.234 e. The lowest BCUT2D eigenvalue weighted by Gasteiger charge is -2.26. The van der Waals surface area contributed by atoms with Crippen molar-refractivity contribution in [1.82, 2.24) is 10.2 Å². The maximum absolute atomic E-state index is 12.6. The summed E-state index contributed by atoms with van der Waals surface area (Å²) >= 11 is 0. The SMILES string of the molecule is CCN(CC(=O)NC(c1ccccc1)C(C)C)Cc1ccc(OC)cc1. The number of rotatable bonds is 9. The first-order valence-electron chi connectivity index (χ1n) is 9.23. The van der Waals surface area contributed by atoms with E-state index in [1.807, 2.05) is 42.5 Å². The summed E-state index contributed by atoms with van der Waals surface area (Å²) < 4.78 is 5.20. The Balaban J connectivity index is 1.96. The highest BCUT2D eigenvalue weighted by Gasteiger charge is 2.19. The molecule has 2 aromatic carbocycles. The molecular formula is C22H30N2O2. The molecule has 4 heteroatoms. The minimum Gasteiger partial charge on any atom is -0.497 e. The first-order valence-corrected chi connectivity index (χ1v) is 9.23. The molecule has 0 aromatic heterocycles. The third-order valence-corrected chi connectivity index (χ3v) is 4.52. The van der Waals surface area contributed by atoms with E-state index in [1.165, 1.54) is 5.56 Å². The van der Waals surface area contributed by atoms with Gasteiger partial charge in [0.25, 0.3) is 0 Å². The van der Waals surface area contributed by atoms with E-state index in [9.17, 15) is 4.79 Å². The van der Waals surface area contributed by atoms with E-state index in [0.29, 0.717) is 12.5 Å². The molecule has 1 amide bonds. The normalized spacial score (nSPS) is 12.2. The van der Waals surface area contributed by atoms with Gasteiger partial charge in [-0.15, -0.1) is 0 Å². The fourth-order valence-electron chi connectivity index (χ4n) is 2.99. The zero-order valence-corrected chi connectivity index (χ0v) is 16.2. The van der Waals surface area contributed by atoms with Gasteiger partial charge < -0.3 is 10.1 Å². The number of ether oxygens (including phenoxy) is 1. The van der Waals surface area contributed by atoms with Crippen LogP contribution in [0.3, 0.4) is 0 Å². The second-order valence-corrected chi connectivity index (χ2v) is 6.85. The number of amides is 1. The van der Waals surface area contributed by atoms with E-state index in [0.717, 1.165) is 24.4 Å². The molecule has 0 aliphatic rings. The number of nitrogens with zero attached hydrogens (tertiary/aromatic N) is 1. The molecular weight excluding hydrogens is 324 g/mol. The van der Waals surface area contributed by atoms with Crippen LogP contribution >= 0.6 is 0 Å². The van der Waals surface area contributed by atoms with E-state index in [2.05, 4.69) is 43.1 Å². The van der Waals surface area contributed by atoms with Gasteiger partial charge in [0.1, 0.15) is 5.75 Å². The zero-order valence-electron chi connectivity index (χ0n) is 16.2. The van der Waals surface area contributed by atoms with E-state index in [-0.39, 0.29) is 11.9 Å². The number of hydrogen-bond donors (Lipinski definition) is 1. The van der Waals surface area contributed by atoms with Crippen LogP contribution in [0.2, 0.25) is 0 Å². The monoisotopic (exact) mass is 354 g/mol. The standard InChI is InChI=1S/C22H30N2O2/c1-5-24(15-18-11-13-20(26-4)14-12-18)16-21(25)23-22(17(2)3)19-9-7-6-8-10-19/h6-14,17,22H,5,15-16H2,1-4H3,(H,23,25). The maximum Gasteiger partial charge on any atom is 0.234 e. The van der Waals surface area contributed by atoms with Crippen LogP contribution in [0, 0.1) is 5.92 Å². The van der Waals surface area contributed by atoms with Gasteiger partial charge in [-0.2, -0.15) is 0 Å². The van der Waals surface area contributed by atoms with Gasteiger partial charge in [0.2, 0.25) is 5.91 Å². The minimum atomic E-state index is 0.0309. The number of benzene rings is 2. The average Bonchev–Trinajstić information content (AvgIpc) is 2.66. The summed E-state index contributed by atoms with van der Waals surface area (Å²) in [7, 11) is 1.66. The van der Waals surface area contributed by atoms with Crippen molar-refractivity contribution >= 4 is 5.91 Å². The van der Waals surface area contributed by atoms with Crippen molar-refractivity contribution < 1.29 is 9.53 Å². The van der Waals surface area contributed by atoms with Gasteiger partial charge >= 0.3 is 0 Å². The molecule has 26 heavy (non-hydrogen) atoms. The second-order valence-electron chi connectivity index (χ2n) is 6.85. The fraction of sp³-hybridized carbons (Fsp3) is 0.409. The summed E-state index contributed by atoms with van der Waals surface area (Å²) in [6.45, 7) is 8.29. The summed E-state index contributed by atoms with van der Waals surface area (Å²) in [5.41, 5.74) is 2.32. The molecule has 0 aliphatic heterocycles. The zero-order chi connectivity index (χ0) is 18.9. The van der Waals surface area contributed by atoms with Crippen LogP contribution in [0.5, 0.6) is 5.75 Å². The Bertz CT molecular complexity index is 668. The van der Waals surface area contributed by atoms with Gasteiger partial charge in [0.05, 0.1) is 19.7 Å². The predicted molar refractivity (Wildman–Crippen MR) is 106 cm³/mol. The number of methoxy groups -OCH3 is 1. The third-order valence-electron chi connectivity index (χ3n) is 4.52. The maximum atomic E-state index is 12.6. The predicted octanol–water partition coefficient (Wildman–Crippen LogP) is 4.03. The fourth-order valence-corrected chi connectivity index (χ4v) is 2.99. The summed E-state index contributed by atoms with van der Waals surface area (Å²) in [5.74, 6) is 1.23. The molecule has 0 fully saturated rings. The van der Waals surface area contributed by atoms with Gasteiger partial charge in [0, 0.05) is 6.54 Å². The van der Waals surface area contributed by atoms with Crippen LogP contribution in [0.15, 0.2) is 54.6 Å². The molecule has 0 aliphatic carbocycles. The molecule has 2 rings (SSSR count). The lowest BCUT2D eigenvalue weighted by atomic mass is 9.96. The number of likely N-dealkylation sites (N-methyl/N-ethyl adjacent to an activating group) is 1. The van der Waals surface area contributed by atoms with Crippen LogP contribution in [-0.4, -0.2) is 31.0 Å². The molecule has 0 radical (unpaired) electrons. The van der Waals surface area contributed by atoms with Crippen molar-refractivity contribution in [2.45, 2.75) is 33.4 Å².